The highest BCUT2D eigenvalue weighted by molar-refractivity contribution is 6.06. The zero-order valence-electron chi connectivity index (χ0n) is 16.7. The largest absolute Gasteiger partial charge is 0.449 e. The summed E-state index contributed by atoms with van der Waals surface area (Å²) in [6.45, 7) is 3.67. The highest BCUT2D eigenvalue weighted by atomic mass is 16.5. The summed E-state index contributed by atoms with van der Waals surface area (Å²) < 4.78 is 5.57. The van der Waals surface area contributed by atoms with Crippen LogP contribution < -0.4 is 5.32 Å². The number of fused-ring (bicyclic) bond motifs is 2. The average Bonchev–Trinajstić information content (AvgIpc) is 3.20. The summed E-state index contributed by atoms with van der Waals surface area (Å²) >= 11 is 0. The maximum atomic E-state index is 13.0. The summed E-state index contributed by atoms with van der Waals surface area (Å²) in [7, 11) is 0. The van der Waals surface area contributed by atoms with Crippen LogP contribution in [0, 0.1) is 0 Å². The Morgan fingerprint density at radius 2 is 1.86 bits per heavy atom. The minimum absolute atomic E-state index is 0.349. The Hall–Kier alpha value is -3.21. The molecule has 0 aliphatic heterocycles. The van der Waals surface area contributed by atoms with E-state index in [1.54, 1.807) is 6.92 Å². The van der Waals surface area contributed by atoms with E-state index < -0.39 is 12.1 Å². The number of aromatic nitrogens is 1. The molecule has 148 valence electrons. The lowest BCUT2D eigenvalue weighted by Gasteiger charge is -2.16. The van der Waals surface area contributed by atoms with Crippen LogP contribution in [-0.2, 0) is 28.8 Å². The minimum Gasteiger partial charge on any atom is -0.449 e. The molecule has 3 aromatic rings. The lowest BCUT2D eigenvalue weighted by molar-refractivity contribution is -0.123. The van der Waals surface area contributed by atoms with Crippen LogP contribution in [0.25, 0.3) is 10.9 Å². The molecule has 0 radical (unpaired) electrons. The Bertz CT molecular complexity index is 1070. The second-order valence-electron chi connectivity index (χ2n) is 7.37. The van der Waals surface area contributed by atoms with Crippen molar-refractivity contribution in [1.29, 1.82) is 0 Å². The lowest BCUT2D eigenvalue weighted by atomic mass is 10.0. The number of amides is 1. The predicted octanol–water partition coefficient (Wildman–Crippen LogP) is 4.47. The molecule has 0 spiro atoms. The van der Waals surface area contributed by atoms with E-state index in [2.05, 4.69) is 12.2 Å². The standard InChI is InChI=1S/C24H24N2O3/c1-3-16-11-13-17(14-12-16)25-23(27)15(2)29-24(28)22-18-7-4-5-9-20(18)26-21-10-6-8-19(21)22/h4-5,7,9,11-15H,3,6,8,10H2,1-2H3,(H,25,27). The number of benzene rings is 2. The number of hydrogen-bond donors (Lipinski definition) is 1. The van der Waals surface area contributed by atoms with E-state index in [1.165, 1.54) is 5.56 Å². The number of anilines is 1. The molecule has 0 bridgehead atoms. The molecule has 0 saturated heterocycles. The van der Waals surface area contributed by atoms with Crippen molar-refractivity contribution in [3.63, 3.8) is 0 Å². The molecule has 1 N–H and O–H groups in total. The van der Waals surface area contributed by atoms with Gasteiger partial charge in [0.2, 0.25) is 0 Å². The number of nitrogens with one attached hydrogen (secondary N) is 1. The number of rotatable bonds is 5. The molecule has 1 aliphatic carbocycles. The van der Waals surface area contributed by atoms with Gasteiger partial charge in [0, 0.05) is 16.8 Å². The van der Waals surface area contributed by atoms with Gasteiger partial charge in [0.05, 0.1) is 11.1 Å². The van der Waals surface area contributed by atoms with Crippen molar-refractivity contribution in [1.82, 2.24) is 4.98 Å². The van der Waals surface area contributed by atoms with Crippen LogP contribution in [0.1, 0.15) is 47.4 Å². The second kappa shape index (κ2) is 8.03. The number of carbonyl (C=O) groups is 2. The molecule has 5 nitrogen and oxygen atoms in total. The van der Waals surface area contributed by atoms with Gasteiger partial charge >= 0.3 is 5.97 Å². The van der Waals surface area contributed by atoms with Crippen molar-refractivity contribution in [2.24, 2.45) is 0 Å². The highest BCUT2D eigenvalue weighted by Crippen LogP contribution is 2.30. The molecule has 1 aromatic heterocycles. The fraction of sp³-hybridized carbons (Fsp3) is 0.292. The Morgan fingerprint density at radius 3 is 2.62 bits per heavy atom. The zero-order valence-corrected chi connectivity index (χ0v) is 16.7. The molecule has 1 atom stereocenters. The van der Waals surface area contributed by atoms with Crippen molar-refractivity contribution in [2.75, 3.05) is 5.32 Å². The van der Waals surface area contributed by atoms with Gasteiger partial charge in [0.15, 0.2) is 6.10 Å². The fourth-order valence-corrected chi connectivity index (χ4v) is 3.78. The zero-order chi connectivity index (χ0) is 20.4. The summed E-state index contributed by atoms with van der Waals surface area (Å²) in [5, 5.41) is 3.59. The van der Waals surface area contributed by atoms with Gasteiger partial charge in [-0.1, -0.05) is 37.3 Å². The summed E-state index contributed by atoms with van der Waals surface area (Å²) in [6.07, 6.45) is 2.68. The van der Waals surface area contributed by atoms with E-state index in [0.29, 0.717) is 11.3 Å². The fourth-order valence-electron chi connectivity index (χ4n) is 3.78. The molecule has 1 aliphatic rings. The third-order valence-corrected chi connectivity index (χ3v) is 5.41. The van der Waals surface area contributed by atoms with Gasteiger partial charge in [0.1, 0.15) is 0 Å². The second-order valence-corrected chi connectivity index (χ2v) is 7.37. The first-order valence-corrected chi connectivity index (χ1v) is 10.1. The van der Waals surface area contributed by atoms with Gasteiger partial charge in [-0.05, 0) is 61.9 Å². The van der Waals surface area contributed by atoms with Crippen molar-refractivity contribution >= 4 is 28.5 Å². The van der Waals surface area contributed by atoms with Crippen molar-refractivity contribution < 1.29 is 14.3 Å². The summed E-state index contributed by atoms with van der Waals surface area (Å²) in [5.74, 6) is -0.816. The Kier molecular flexibility index (Phi) is 5.30. The van der Waals surface area contributed by atoms with E-state index in [9.17, 15) is 9.59 Å². The first kappa shape index (κ1) is 19.1. The molecule has 29 heavy (non-hydrogen) atoms. The SMILES string of the molecule is CCc1ccc(NC(=O)C(C)OC(=O)c2c3c(nc4ccccc24)CCC3)cc1. The van der Waals surface area contributed by atoms with Gasteiger partial charge in [-0.3, -0.25) is 9.78 Å². The number of carbonyl (C=O) groups excluding carboxylic acids is 2. The monoisotopic (exact) mass is 388 g/mol. The normalized spacial score (nSPS) is 13.7. The maximum Gasteiger partial charge on any atom is 0.339 e. The highest BCUT2D eigenvalue weighted by Gasteiger charge is 2.27. The molecule has 0 fully saturated rings. The quantitative estimate of drug-likeness (QED) is 0.655. The minimum atomic E-state index is -0.905. The molecular formula is C24H24N2O3. The number of para-hydroxylation sites is 1. The van der Waals surface area contributed by atoms with Crippen LogP contribution in [-0.4, -0.2) is 23.0 Å². The average molecular weight is 388 g/mol. The number of ether oxygens (including phenoxy) is 1. The van der Waals surface area contributed by atoms with Crippen molar-refractivity contribution in [3.05, 3.63) is 70.9 Å². The van der Waals surface area contributed by atoms with E-state index in [-0.39, 0.29) is 5.91 Å². The number of aryl methyl sites for hydroxylation is 2. The van der Waals surface area contributed by atoms with Crippen LogP contribution in [0.4, 0.5) is 5.69 Å². The van der Waals surface area contributed by atoms with Gasteiger partial charge in [-0.25, -0.2) is 4.79 Å². The Labute approximate surface area is 170 Å². The van der Waals surface area contributed by atoms with Gasteiger partial charge in [-0.15, -0.1) is 0 Å². The number of nitrogens with zero attached hydrogens (tertiary/aromatic N) is 1. The van der Waals surface area contributed by atoms with E-state index in [1.807, 2.05) is 48.5 Å². The molecule has 5 heteroatoms. The topological polar surface area (TPSA) is 68.3 Å². The van der Waals surface area contributed by atoms with Gasteiger partial charge < -0.3 is 10.1 Å². The number of pyridine rings is 1. The maximum absolute atomic E-state index is 13.0. The van der Waals surface area contributed by atoms with Crippen LogP contribution >= 0.6 is 0 Å². The third-order valence-electron chi connectivity index (χ3n) is 5.41. The smallest absolute Gasteiger partial charge is 0.339 e. The van der Waals surface area contributed by atoms with Gasteiger partial charge in [0.25, 0.3) is 5.91 Å². The molecule has 0 saturated carbocycles. The predicted molar refractivity (Wildman–Crippen MR) is 113 cm³/mol. The van der Waals surface area contributed by atoms with Crippen LogP contribution in [0.15, 0.2) is 48.5 Å². The molecule has 1 unspecified atom stereocenters. The van der Waals surface area contributed by atoms with Crippen LogP contribution in [0.5, 0.6) is 0 Å². The van der Waals surface area contributed by atoms with E-state index in [4.69, 9.17) is 9.72 Å². The molecular weight excluding hydrogens is 364 g/mol. The van der Waals surface area contributed by atoms with E-state index in [0.717, 1.165) is 47.8 Å². The molecule has 4 rings (SSSR count). The Balaban J connectivity index is 1.54. The first-order chi connectivity index (χ1) is 14.1. The molecule has 1 heterocycles. The molecule has 2 aromatic carbocycles. The van der Waals surface area contributed by atoms with Crippen molar-refractivity contribution in [2.45, 2.75) is 45.6 Å². The summed E-state index contributed by atoms with van der Waals surface area (Å²) in [5.41, 5.74) is 5.13. The lowest BCUT2D eigenvalue weighted by Crippen LogP contribution is -2.30. The van der Waals surface area contributed by atoms with E-state index >= 15 is 0 Å². The summed E-state index contributed by atoms with van der Waals surface area (Å²) in [4.78, 5) is 30.3. The third kappa shape index (κ3) is 3.86. The Morgan fingerprint density at radius 1 is 1.10 bits per heavy atom. The van der Waals surface area contributed by atoms with Crippen molar-refractivity contribution in [3.8, 4) is 0 Å². The number of esters is 1. The number of hydrogen-bond acceptors (Lipinski definition) is 4. The molecule has 1 amide bonds. The van der Waals surface area contributed by atoms with Crippen LogP contribution in [0.3, 0.4) is 0 Å². The first-order valence-electron chi connectivity index (χ1n) is 10.1. The summed E-state index contributed by atoms with van der Waals surface area (Å²) in [6, 6.07) is 15.2. The van der Waals surface area contributed by atoms with Gasteiger partial charge in [-0.2, -0.15) is 0 Å². The van der Waals surface area contributed by atoms with Crippen LogP contribution in [0.2, 0.25) is 0 Å².